The second-order valence-electron chi connectivity index (χ2n) is 9.00. The Kier molecular flexibility index (Phi) is 6.90. The summed E-state index contributed by atoms with van der Waals surface area (Å²) in [5.41, 5.74) is 4.86. The summed E-state index contributed by atoms with van der Waals surface area (Å²) < 4.78 is 0. The van der Waals surface area contributed by atoms with Crippen LogP contribution < -0.4 is 10.6 Å². The summed E-state index contributed by atoms with van der Waals surface area (Å²) in [5, 5.41) is 6.70. The first kappa shape index (κ1) is 22.9. The van der Waals surface area contributed by atoms with E-state index in [1.165, 1.54) is 5.69 Å². The molecule has 1 aromatic heterocycles. The van der Waals surface area contributed by atoms with Crippen molar-refractivity contribution in [3.05, 3.63) is 52.6 Å². The van der Waals surface area contributed by atoms with Crippen molar-refractivity contribution < 1.29 is 9.59 Å². The lowest BCUT2D eigenvalue weighted by Gasteiger charge is -2.44. The third-order valence-corrected chi connectivity index (χ3v) is 7.28. The molecule has 0 aliphatic carbocycles. The zero-order valence-electron chi connectivity index (χ0n) is 19.2. The molecule has 0 bridgehead atoms. The maximum absolute atomic E-state index is 13.4. The fourth-order valence-corrected chi connectivity index (χ4v) is 5.49. The van der Waals surface area contributed by atoms with Crippen LogP contribution in [0.1, 0.15) is 52.1 Å². The first-order valence-corrected chi connectivity index (χ1v) is 12.8. The van der Waals surface area contributed by atoms with Crippen molar-refractivity contribution in [3.8, 4) is 0 Å². The first-order valence-electron chi connectivity index (χ1n) is 11.4. The maximum atomic E-state index is 13.4. The zero-order valence-corrected chi connectivity index (χ0v) is 20.0. The minimum absolute atomic E-state index is 0.0182. The Morgan fingerprint density at radius 2 is 1.94 bits per heavy atom. The average Bonchev–Trinajstić information content (AvgIpc) is 3.26. The van der Waals surface area contributed by atoms with Gasteiger partial charge in [0.25, 0.3) is 5.91 Å². The highest BCUT2D eigenvalue weighted by molar-refractivity contribution is 7.98. The van der Waals surface area contributed by atoms with Crippen molar-refractivity contribution in [2.24, 2.45) is 0 Å². The van der Waals surface area contributed by atoms with Gasteiger partial charge in [-0.15, -0.1) is 0 Å². The van der Waals surface area contributed by atoms with Gasteiger partial charge < -0.3 is 20.5 Å². The SMILES string of the molecule is CSCC[C@H](NC(=O)c1cc(C)cc(C)c1)C(=O)N1CCC2(CC1)NCCc1[nH]cnc12. The van der Waals surface area contributed by atoms with Crippen molar-refractivity contribution >= 4 is 23.6 Å². The monoisotopic (exact) mass is 455 g/mol. The van der Waals surface area contributed by atoms with Crippen LogP contribution in [0.5, 0.6) is 0 Å². The van der Waals surface area contributed by atoms with E-state index >= 15 is 0 Å². The summed E-state index contributed by atoms with van der Waals surface area (Å²) in [6.07, 6.45) is 7.04. The van der Waals surface area contributed by atoms with Gasteiger partial charge in [-0.05, 0) is 57.3 Å². The van der Waals surface area contributed by atoms with E-state index in [-0.39, 0.29) is 17.4 Å². The van der Waals surface area contributed by atoms with Gasteiger partial charge in [0.2, 0.25) is 5.91 Å². The molecule has 0 unspecified atom stereocenters. The number of aromatic nitrogens is 2. The number of fused-ring (bicyclic) bond motifs is 2. The van der Waals surface area contributed by atoms with E-state index < -0.39 is 6.04 Å². The summed E-state index contributed by atoms with van der Waals surface area (Å²) in [6.45, 7) is 6.20. The van der Waals surface area contributed by atoms with Gasteiger partial charge in [0.1, 0.15) is 6.04 Å². The lowest BCUT2D eigenvalue weighted by Crippen LogP contribution is -2.57. The molecule has 0 radical (unpaired) electrons. The van der Waals surface area contributed by atoms with E-state index in [1.807, 2.05) is 43.2 Å². The molecule has 1 aromatic carbocycles. The van der Waals surface area contributed by atoms with Gasteiger partial charge in [0.05, 0.1) is 17.6 Å². The van der Waals surface area contributed by atoms with Gasteiger partial charge >= 0.3 is 0 Å². The number of carbonyl (C=O) groups is 2. The number of benzene rings is 1. The van der Waals surface area contributed by atoms with Crippen molar-refractivity contribution in [2.45, 2.75) is 51.1 Å². The van der Waals surface area contributed by atoms with Gasteiger partial charge in [-0.25, -0.2) is 4.98 Å². The van der Waals surface area contributed by atoms with Crippen LogP contribution in [-0.2, 0) is 16.8 Å². The number of likely N-dealkylation sites (tertiary alicyclic amines) is 1. The minimum atomic E-state index is -0.509. The number of aryl methyl sites for hydroxylation is 2. The van der Waals surface area contributed by atoms with E-state index in [0.29, 0.717) is 25.1 Å². The molecule has 0 saturated carbocycles. The number of amides is 2. The molecule has 2 amide bonds. The summed E-state index contributed by atoms with van der Waals surface area (Å²) >= 11 is 1.69. The Morgan fingerprint density at radius 1 is 1.22 bits per heavy atom. The predicted octanol–water partition coefficient (Wildman–Crippen LogP) is 2.54. The van der Waals surface area contributed by atoms with Crippen molar-refractivity contribution in [1.29, 1.82) is 0 Å². The Bertz CT molecular complexity index is 960. The molecule has 1 saturated heterocycles. The maximum Gasteiger partial charge on any atom is 0.251 e. The van der Waals surface area contributed by atoms with Crippen LogP contribution in [0, 0.1) is 13.8 Å². The number of imidazole rings is 1. The van der Waals surface area contributed by atoms with E-state index in [1.54, 1.807) is 18.1 Å². The van der Waals surface area contributed by atoms with E-state index in [0.717, 1.165) is 48.4 Å². The predicted molar refractivity (Wildman–Crippen MR) is 128 cm³/mol. The van der Waals surface area contributed by atoms with Gasteiger partial charge in [-0.1, -0.05) is 17.2 Å². The topological polar surface area (TPSA) is 90.1 Å². The lowest BCUT2D eigenvalue weighted by molar-refractivity contribution is -0.135. The number of thioether (sulfide) groups is 1. The van der Waals surface area contributed by atoms with Crippen molar-refractivity contribution in [1.82, 2.24) is 25.5 Å². The third-order valence-electron chi connectivity index (χ3n) is 6.64. The molecule has 8 heteroatoms. The fourth-order valence-electron chi connectivity index (χ4n) is 5.02. The second kappa shape index (κ2) is 9.67. The molecule has 7 nitrogen and oxygen atoms in total. The molecule has 2 aromatic rings. The molecular weight excluding hydrogens is 422 g/mol. The molecule has 32 heavy (non-hydrogen) atoms. The summed E-state index contributed by atoms with van der Waals surface area (Å²) in [6, 6.07) is 5.28. The molecule has 3 heterocycles. The number of hydrogen-bond donors (Lipinski definition) is 3. The molecule has 172 valence electrons. The van der Waals surface area contributed by atoms with Gasteiger partial charge in [0, 0.05) is 37.3 Å². The van der Waals surface area contributed by atoms with Gasteiger partial charge in [-0.2, -0.15) is 11.8 Å². The normalized spacial score (nSPS) is 18.3. The Hall–Kier alpha value is -2.32. The number of rotatable bonds is 6. The molecule has 1 atom stereocenters. The third kappa shape index (κ3) is 4.71. The zero-order chi connectivity index (χ0) is 22.7. The Balaban J connectivity index is 1.44. The van der Waals surface area contributed by atoms with Crippen LogP contribution in [0.25, 0.3) is 0 Å². The molecule has 1 spiro atoms. The minimum Gasteiger partial charge on any atom is -0.348 e. The van der Waals surface area contributed by atoms with E-state index in [2.05, 4.69) is 20.6 Å². The summed E-state index contributed by atoms with van der Waals surface area (Å²) in [4.78, 5) is 36.2. The van der Waals surface area contributed by atoms with Crippen LogP contribution in [0.3, 0.4) is 0 Å². The Morgan fingerprint density at radius 3 is 2.62 bits per heavy atom. The Labute approximate surface area is 194 Å². The van der Waals surface area contributed by atoms with Crippen LogP contribution in [0.15, 0.2) is 24.5 Å². The van der Waals surface area contributed by atoms with E-state index in [9.17, 15) is 9.59 Å². The highest BCUT2D eigenvalue weighted by Gasteiger charge is 2.42. The smallest absolute Gasteiger partial charge is 0.251 e. The van der Waals surface area contributed by atoms with Crippen LogP contribution >= 0.6 is 11.8 Å². The average molecular weight is 456 g/mol. The highest BCUT2D eigenvalue weighted by atomic mass is 32.2. The van der Waals surface area contributed by atoms with Crippen molar-refractivity contribution in [3.63, 3.8) is 0 Å². The van der Waals surface area contributed by atoms with E-state index in [4.69, 9.17) is 0 Å². The number of carbonyl (C=O) groups excluding carboxylic acids is 2. The van der Waals surface area contributed by atoms with Crippen molar-refractivity contribution in [2.75, 3.05) is 31.6 Å². The summed E-state index contributed by atoms with van der Waals surface area (Å²) in [7, 11) is 0. The first-order chi connectivity index (χ1) is 15.4. The lowest BCUT2D eigenvalue weighted by atomic mass is 9.80. The summed E-state index contributed by atoms with van der Waals surface area (Å²) in [5.74, 6) is 0.656. The molecule has 4 rings (SSSR count). The van der Waals surface area contributed by atoms with Crippen LogP contribution in [0.2, 0.25) is 0 Å². The number of nitrogens with zero attached hydrogens (tertiary/aromatic N) is 2. The standard InChI is InChI=1S/C24H33N5O2S/c1-16-12-17(2)14-18(13-16)22(30)28-20(5-11-32-3)23(31)29-9-6-24(7-10-29)21-19(4-8-27-24)25-15-26-21/h12-15,20,27H,4-11H2,1-3H3,(H,25,26)(H,28,30)/t20-/m0/s1. The number of H-pyrrole nitrogens is 1. The number of piperidine rings is 1. The molecule has 3 N–H and O–H groups in total. The van der Waals surface area contributed by atoms with Crippen LogP contribution in [0.4, 0.5) is 0 Å². The number of nitrogens with one attached hydrogen (secondary N) is 3. The largest absolute Gasteiger partial charge is 0.348 e. The number of hydrogen-bond acceptors (Lipinski definition) is 5. The number of aromatic amines is 1. The quantitative estimate of drug-likeness (QED) is 0.623. The van der Waals surface area contributed by atoms with Gasteiger partial charge in [-0.3, -0.25) is 9.59 Å². The fraction of sp³-hybridized carbons (Fsp3) is 0.542. The molecule has 2 aliphatic heterocycles. The second-order valence-corrected chi connectivity index (χ2v) is 9.98. The molecule has 2 aliphatic rings. The van der Waals surface area contributed by atoms with Gasteiger partial charge in [0.15, 0.2) is 0 Å². The molecular formula is C24H33N5O2S. The molecule has 1 fully saturated rings. The highest BCUT2D eigenvalue weighted by Crippen LogP contribution is 2.36. The van der Waals surface area contributed by atoms with Crippen LogP contribution in [-0.4, -0.2) is 64.4 Å².